The maximum Gasteiger partial charge on any atom is 0.293 e. The number of nitrogens with zero attached hydrogens (tertiary/aromatic N) is 1. The number of thiazole rings is 1. The second-order valence-electron chi connectivity index (χ2n) is 4.72. The Hall–Kier alpha value is -1.62. The molecule has 0 aliphatic heterocycles. The van der Waals surface area contributed by atoms with Crippen molar-refractivity contribution in [1.82, 2.24) is 4.98 Å². The van der Waals surface area contributed by atoms with Gasteiger partial charge in [0.1, 0.15) is 0 Å². The molecule has 90 valence electrons. The quantitative estimate of drug-likeness (QED) is 0.889. The summed E-state index contributed by atoms with van der Waals surface area (Å²) < 4.78 is 5.01. The summed E-state index contributed by atoms with van der Waals surface area (Å²) in [6, 6.07) is 3.30. The standard InChI is InChI=1S/C12H14N2O2S/c1-12(2,3)9-7-17-11(13-9)14-10(15)8-5-4-6-16-8/h4-7H,1-3H3,(H,13,14,15). The van der Waals surface area contributed by atoms with Crippen LogP contribution in [0.5, 0.6) is 0 Å². The normalized spacial score (nSPS) is 11.5. The van der Waals surface area contributed by atoms with Crippen molar-refractivity contribution in [2.45, 2.75) is 26.2 Å². The van der Waals surface area contributed by atoms with Crippen molar-refractivity contribution in [3.05, 3.63) is 35.2 Å². The molecule has 2 aromatic heterocycles. The number of carbonyl (C=O) groups is 1. The lowest BCUT2D eigenvalue weighted by atomic mass is 9.93. The molecule has 0 fully saturated rings. The van der Waals surface area contributed by atoms with E-state index in [1.165, 1.54) is 17.6 Å². The first kappa shape index (κ1) is 11.9. The van der Waals surface area contributed by atoms with Gasteiger partial charge >= 0.3 is 0 Å². The fraction of sp³-hybridized carbons (Fsp3) is 0.333. The third-order valence-corrected chi connectivity index (χ3v) is 3.00. The van der Waals surface area contributed by atoms with E-state index in [0.717, 1.165) is 5.69 Å². The maximum absolute atomic E-state index is 11.7. The van der Waals surface area contributed by atoms with Crippen molar-refractivity contribution >= 4 is 22.4 Å². The molecule has 0 saturated heterocycles. The Morgan fingerprint density at radius 1 is 1.47 bits per heavy atom. The van der Waals surface area contributed by atoms with E-state index < -0.39 is 0 Å². The van der Waals surface area contributed by atoms with Gasteiger partial charge in [-0.2, -0.15) is 0 Å². The van der Waals surface area contributed by atoms with E-state index in [4.69, 9.17) is 4.42 Å². The fourth-order valence-electron chi connectivity index (χ4n) is 1.24. The summed E-state index contributed by atoms with van der Waals surface area (Å²) in [6.07, 6.45) is 1.47. The summed E-state index contributed by atoms with van der Waals surface area (Å²) in [5.74, 6) is 0.0160. The molecular formula is C12H14N2O2S. The number of rotatable bonds is 2. The predicted octanol–water partition coefficient (Wildman–Crippen LogP) is 3.29. The van der Waals surface area contributed by atoms with Crippen LogP contribution < -0.4 is 5.32 Å². The zero-order valence-corrected chi connectivity index (χ0v) is 10.8. The summed E-state index contributed by atoms with van der Waals surface area (Å²) in [5.41, 5.74) is 0.960. The second kappa shape index (κ2) is 4.33. The predicted molar refractivity (Wildman–Crippen MR) is 67.5 cm³/mol. The number of hydrogen-bond acceptors (Lipinski definition) is 4. The average molecular weight is 250 g/mol. The third-order valence-electron chi connectivity index (χ3n) is 2.24. The van der Waals surface area contributed by atoms with Crippen LogP contribution in [0.2, 0.25) is 0 Å². The van der Waals surface area contributed by atoms with Crippen LogP contribution in [0.4, 0.5) is 5.13 Å². The molecule has 4 nitrogen and oxygen atoms in total. The van der Waals surface area contributed by atoms with Gasteiger partial charge in [-0.3, -0.25) is 10.1 Å². The van der Waals surface area contributed by atoms with Crippen LogP contribution in [0.1, 0.15) is 37.0 Å². The molecular weight excluding hydrogens is 236 g/mol. The number of aromatic nitrogens is 1. The Morgan fingerprint density at radius 2 is 2.24 bits per heavy atom. The topological polar surface area (TPSA) is 55.1 Å². The first-order chi connectivity index (χ1) is 7.97. The number of amides is 1. The van der Waals surface area contributed by atoms with E-state index in [1.54, 1.807) is 12.1 Å². The minimum absolute atomic E-state index is 0.00976. The molecule has 2 aromatic rings. The lowest BCUT2D eigenvalue weighted by molar-refractivity contribution is 0.0996. The molecule has 0 radical (unpaired) electrons. The monoisotopic (exact) mass is 250 g/mol. The smallest absolute Gasteiger partial charge is 0.293 e. The minimum atomic E-state index is -0.273. The molecule has 0 aliphatic rings. The third kappa shape index (κ3) is 2.74. The highest BCUT2D eigenvalue weighted by Crippen LogP contribution is 2.26. The number of hydrogen-bond donors (Lipinski definition) is 1. The maximum atomic E-state index is 11.7. The van der Waals surface area contributed by atoms with Crippen molar-refractivity contribution in [2.24, 2.45) is 0 Å². The SMILES string of the molecule is CC(C)(C)c1csc(NC(=O)c2ccco2)n1. The van der Waals surface area contributed by atoms with Crippen LogP contribution in [0.15, 0.2) is 28.2 Å². The van der Waals surface area contributed by atoms with Gasteiger partial charge in [0, 0.05) is 10.8 Å². The molecule has 0 spiro atoms. The van der Waals surface area contributed by atoms with Crippen LogP contribution in [0, 0.1) is 0 Å². The molecule has 0 bridgehead atoms. The number of nitrogens with one attached hydrogen (secondary N) is 1. The largest absolute Gasteiger partial charge is 0.459 e. The Labute approximate surface area is 104 Å². The summed E-state index contributed by atoms with van der Waals surface area (Å²) in [6.45, 7) is 6.25. The first-order valence-electron chi connectivity index (χ1n) is 5.28. The van der Waals surface area contributed by atoms with Crippen LogP contribution in [-0.2, 0) is 5.41 Å². The van der Waals surface area contributed by atoms with Gasteiger partial charge in [-0.15, -0.1) is 11.3 Å². The number of furan rings is 1. The highest BCUT2D eigenvalue weighted by Gasteiger charge is 2.18. The lowest BCUT2D eigenvalue weighted by Crippen LogP contribution is -2.13. The van der Waals surface area contributed by atoms with Crippen LogP contribution in [0.3, 0.4) is 0 Å². The molecule has 0 unspecified atom stereocenters. The Morgan fingerprint density at radius 3 is 2.76 bits per heavy atom. The molecule has 17 heavy (non-hydrogen) atoms. The summed E-state index contributed by atoms with van der Waals surface area (Å²) in [7, 11) is 0. The Balaban J connectivity index is 2.10. The fourth-order valence-corrected chi connectivity index (χ4v) is 2.17. The van der Waals surface area contributed by atoms with Gasteiger partial charge < -0.3 is 4.42 Å². The van der Waals surface area contributed by atoms with Crippen LogP contribution >= 0.6 is 11.3 Å². The minimum Gasteiger partial charge on any atom is -0.459 e. The van der Waals surface area contributed by atoms with E-state index in [0.29, 0.717) is 5.13 Å². The van der Waals surface area contributed by atoms with E-state index >= 15 is 0 Å². The van der Waals surface area contributed by atoms with Crippen LogP contribution in [0.25, 0.3) is 0 Å². The molecule has 0 saturated carbocycles. The highest BCUT2D eigenvalue weighted by molar-refractivity contribution is 7.14. The molecule has 2 heterocycles. The summed E-state index contributed by atoms with van der Waals surface area (Å²) >= 11 is 1.42. The van der Waals surface area contributed by atoms with E-state index in [2.05, 4.69) is 31.1 Å². The molecule has 0 aromatic carbocycles. The highest BCUT2D eigenvalue weighted by atomic mass is 32.1. The van der Waals surface area contributed by atoms with Crippen molar-refractivity contribution in [3.8, 4) is 0 Å². The van der Waals surface area contributed by atoms with Crippen molar-refractivity contribution in [3.63, 3.8) is 0 Å². The van der Waals surface area contributed by atoms with Crippen LogP contribution in [-0.4, -0.2) is 10.9 Å². The van der Waals surface area contributed by atoms with Gasteiger partial charge in [0.05, 0.1) is 12.0 Å². The van der Waals surface area contributed by atoms with Gasteiger partial charge in [0.2, 0.25) is 0 Å². The van der Waals surface area contributed by atoms with Crippen molar-refractivity contribution in [1.29, 1.82) is 0 Å². The molecule has 0 atom stereocenters. The van der Waals surface area contributed by atoms with Gasteiger partial charge in [-0.1, -0.05) is 20.8 Å². The lowest BCUT2D eigenvalue weighted by Gasteiger charge is -2.14. The van der Waals surface area contributed by atoms with Gasteiger partial charge in [0.25, 0.3) is 5.91 Å². The second-order valence-corrected chi connectivity index (χ2v) is 5.58. The molecule has 2 rings (SSSR count). The van der Waals surface area contributed by atoms with Crippen molar-refractivity contribution in [2.75, 3.05) is 5.32 Å². The average Bonchev–Trinajstić information content (AvgIpc) is 2.85. The zero-order valence-electron chi connectivity index (χ0n) is 9.98. The van der Waals surface area contributed by atoms with Gasteiger partial charge in [-0.25, -0.2) is 4.98 Å². The van der Waals surface area contributed by atoms with Crippen molar-refractivity contribution < 1.29 is 9.21 Å². The molecule has 0 aliphatic carbocycles. The number of anilines is 1. The summed E-state index contributed by atoms with van der Waals surface area (Å²) in [4.78, 5) is 16.1. The number of carbonyl (C=O) groups excluding carboxylic acids is 1. The first-order valence-corrected chi connectivity index (χ1v) is 6.15. The van der Waals surface area contributed by atoms with E-state index in [9.17, 15) is 4.79 Å². The van der Waals surface area contributed by atoms with E-state index in [1.807, 2.05) is 5.38 Å². The molecule has 1 N–H and O–H groups in total. The molecule has 1 amide bonds. The zero-order chi connectivity index (χ0) is 12.5. The Kier molecular flexibility index (Phi) is 3.02. The van der Waals surface area contributed by atoms with Gasteiger partial charge in [-0.05, 0) is 12.1 Å². The summed E-state index contributed by atoms with van der Waals surface area (Å²) in [5, 5.41) is 5.26. The van der Waals surface area contributed by atoms with E-state index in [-0.39, 0.29) is 17.1 Å². The van der Waals surface area contributed by atoms with Gasteiger partial charge in [0.15, 0.2) is 10.9 Å². The Bertz CT molecular complexity index is 509. The molecule has 5 heteroatoms.